The molecule has 1 aliphatic heterocycles. The fourth-order valence-corrected chi connectivity index (χ4v) is 5.42. The predicted octanol–water partition coefficient (Wildman–Crippen LogP) is 0.764. The average Bonchev–Trinajstić information content (AvgIpc) is 2.55. The van der Waals surface area contributed by atoms with Crippen molar-refractivity contribution in [2.24, 2.45) is 0 Å². The van der Waals surface area contributed by atoms with Crippen LogP contribution in [-0.4, -0.2) is 71.1 Å². The van der Waals surface area contributed by atoms with Gasteiger partial charge in [0.2, 0.25) is 20.0 Å². The number of nitrogens with zero attached hydrogens (tertiary/aromatic N) is 2. The Hall–Kier alpha value is -0.710. The van der Waals surface area contributed by atoms with Gasteiger partial charge in [-0.1, -0.05) is 23.7 Å². The van der Waals surface area contributed by atoms with E-state index in [0.29, 0.717) is 10.6 Å². The molecule has 0 bridgehead atoms. The fourth-order valence-electron chi connectivity index (χ4n) is 2.43. The lowest BCUT2D eigenvalue weighted by Crippen LogP contribution is -2.51. The Morgan fingerprint density at radius 3 is 1.96 bits per heavy atom. The van der Waals surface area contributed by atoms with Crippen LogP contribution in [0.25, 0.3) is 0 Å². The van der Waals surface area contributed by atoms with E-state index in [4.69, 9.17) is 16.3 Å². The van der Waals surface area contributed by atoms with Gasteiger partial charge in [-0.25, -0.2) is 16.8 Å². The summed E-state index contributed by atoms with van der Waals surface area (Å²) in [6.07, 6.45) is 0. The molecule has 0 amide bonds. The summed E-state index contributed by atoms with van der Waals surface area (Å²) >= 11 is 5.80. The molecule has 0 atom stereocenters. The average molecular weight is 397 g/mol. The zero-order valence-corrected chi connectivity index (χ0v) is 15.8. The number of piperazine rings is 1. The standard InChI is InChI=1S/C14H21ClN2O5S2/c1-22-10-11-23(18,19)16-6-8-17(9-7-16)24(20,21)12-13-2-4-14(15)5-3-13/h2-5H,6-12H2,1H3. The van der Waals surface area contributed by atoms with Crippen molar-refractivity contribution >= 4 is 31.6 Å². The molecule has 1 aromatic rings. The van der Waals surface area contributed by atoms with Crippen LogP contribution in [0.15, 0.2) is 24.3 Å². The number of methoxy groups -OCH3 is 1. The molecule has 7 nitrogen and oxygen atoms in total. The molecule has 1 aliphatic rings. The molecule has 0 aromatic heterocycles. The number of ether oxygens (including phenoxy) is 1. The summed E-state index contributed by atoms with van der Waals surface area (Å²) in [6, 6.07) is 6.64. The highest BCUT2D eigenvalue weighted by molar-refractivity contribution is 7.89. The van der Waals surface area contributed by atoms with E-state index in [9.17, 15) is 16.8 Å². The molecule has 1 heterocycles. The van der Waals surface area contributed by atoms with Crippen molar-refractivity contribution in [1.29, 1.82) is 0 Å². The van der Waals surface area contributed by atoms with E-state index < -0.39 is 20.0 Å². The lowest BCUT2D eigenvalue weighted by molar-refractivity contribution is 0.213. The monoisotopic (exact) mass is 396 g/mol. The van der Waals surface area contributed by atoms with Crippen molar-refractivity contribution in [1.82, 2.24) is 8.61 Å². The van der Waals surface area contributed by atoms with E-state index in [1.165, 1.54) is 15.7 Å². The minimum absolute atomic E-state index is 0.0962. The maximum atomic E-state index is 12.5. The molecule has 0 radical (unpaired) electrons. The number of benzene rings is 1. The molecule has 136 valence electrons. The quantitative estimate of drug-likeness (QED) is 0.679. The molecule has 0 unspecified atom stereocenters. The summed E-state index contributed by atoms with van der Waals surface area (Å²) in [6.45, 7) is 0.749. The van der Waals surface area contributed by atoms with E-state index in [-0.39, 0.29) is 44.3 Å². The van der Waals surface area contributed by atoms with Crippen molar-refractivity contribution in [3.8, 4) is 0 Å². The third-order valence-corrected chi connectivity index (χ3v) is 7.73. The molecule has 10 heteroatoms. The first-order valence-corrected chi connectivity index (χ1v) is 11.0. The first kappa shape index (κ1) is 19.6. The van der Waals surface area contributed by atoms with Crippen LogP contribution < -0.4 is 0 Å². The van der Waals surface area contributed by atoms with Crippen molar-refractivity contribution in [3.63, 3.8) is 0 Å². The van der Waals surface area contributed by atoms with Gasteiger partial charge < -0.3 is 4.74 Å². The highest BCUT2D eigenvalue weighted by Crippen LogP contribution is 2.17. The van der Waals surface area contributed by atoms with E-state index in [1.54, 1.807) is 24.3 Å². The number of hydrogen-bond donors (Lipinski definition) is 0. The van der Waals surface area contributed by atoms with Crippen LogP contribution in [0.5, 0.6) is 0 Å². The zero-order valence-electron chi connectivity index (χ0n) is 13.4. The van der Waals surface area contributed by atoms with Gasteiger partial charge in [0.1, 0.15) is 0 Å². The van der Waals surface area contributed by atoms with Crippen molar-refractivity contribution in [2.45, 2.75) is 5.75 Å². The lowest BCUT2D eigenvalue weighted by Gasteiger charge is -2.33. The van der Waals surface area contributed by atoms with Crippen LogP contribution in [0, 0.1) is 0 Å². The lowest BCUT2D eigenvalue weighted by atomic mass is 10.2. The maximum absolute atomic E-state index is 12.5. The van der Waals surface area contributed by atoms with Crippen LogP contribution >= 0.6 is 11.6 Å². The summed E-state index contributed by atoms with van der Waals surface area (Å²) in [7, 11) is -5.46. The van der Waals surface area contributed by atoms with Crippen molar-refractivity contribution in [2.75, 3.05) is 45.6 Å². The van der Waals surface area contributed by atoms with Gasteiger partial charge in [-0.15, -0.1) is 0 Å². The molecule has 0 aliphatic carbocycles. The molecule has 24 heavy (non-hydrogen) atoms. The third-order valence-electron chi connectivity index (χ3n) is 3.79. The SMILES string of the molecule is COCCS(=O)(=O)N1CCN(S(=O)(=O)Cc2ccc(Cl)cc2)CC1. The van der Waals surface area contributed by atoms with Gasteiger partial charge in [0.15, 0.2) is 0 Å². The van der Waals surface area contributed by atoms with Gasteiger partial charge in [-0.2, -0.15) is 8.61 Å². The molecule has 2 rings (SSSR count). The Kier molecular flexibility index (Phi) is 6.63. The van der Waals surface area contributed by atoms with Crippen LogP contribution in [0.1, 0.15) is 5.56 Å². The van der Waals surface area contributed by atoms with Crippen LogP contribution in [0.4, 0.5) is 0 Å². The Morgan fingerprint density at radius 2 is 1.46 bits per heavy atom. The van der Waals surface area contributed by atoms with Gasteiger partial charge in [-0.05, 0) is 17.7 Å². The highest BCUT2D eigenvalue weighted by atomic mass is 35.5. The number of rotatable bonds is 7. The van der Waals surface area contributed by atoms with Gasteiger partial charge in [-0.3, -0.25) is 0 Å². The summed E-state index contributed by atoms with van der Waals surface area (Å²) in [5.74, 6) is -0.221. The van der Waals surface area contributed by atoms with Gasteiger partial charge >= 0.3 is 0 Å². The van der Waals surface area contributed by atoms with Crippen molar-refractivity contribution < 1.29 is 21.6 Å². The normalized spacial score (nSPS) is 17.9. The van der Waals surface area contributed by atoms with Crippen LogP contribution in [-0.2, 0) is 30.5 Å². The van der Waals surface area contributed by atoms with Gasteiger partial charge in [0.25, 0.3) is 0 Å². The first-order chi connectivity index (χ1) is 11.2. The minimum Gasteiger partial charge on any atom is -0.384 e. The Bertz CT molecular complexity index is 742. The number of sulfonamides is 2. The molecule has 1 saturated heterocycles. The third kappa shape index (κ3) is 5.14. The van der Waals surface area contributed by atoms with Crippen LogP contribution in [0.3, 0.4) is 0 Å². The van der Waals surface area contributed by atoms with E-state index >= 15 is 0 Å². The topological polar surface area (TPSA) is 84.0 Å². The summed E-state index contributed by atoms with van der Waals surface area (Å²) in [5, 5.41) is 0.547. The fraction of sp³-hybridized carbons (Fsp3) is 0.571. The smallest absolute Gasteiger partial charge is 0.218 e. The maximum Gasteiger partial charge on any atom is 0.218 e. The molecule has 1 aromatic carbocycles. The number of hydrogen-bond acceptors (Lipinski definition) is 5. The highest BCUT2D eigenvalue weighted by Gasteiger charge is 2.31. The Balaban J connectivity index is 1.96. The summed E-state index contributed by atoms with van der Waals surface area (Å²) in [4.78, 5) is 0. The second kappa shape index (κ2) is 8.11. The molecule has 1 fully saturated rings. The second-order valence-electron chi connectivity index (χ2n) is 5.49. The van der Waals surface area contributed by atoms with Gasteiger partial charge in [0, 0.05) is 38.3 Å². The van der Waals surface area contributed by atoms with Gasteiger partial charge in [0.05, 0.1) is 18.1 Å². The molecule has 0 N–H and O–H groups in total. The molecule has 0 spiro atoms. The molecule has 0 saturated carbocycles. The first-order valence-electron chi connectivity index (χ1n) is 7.43. The predicted molar refractivity (Wildman–Crippen MR) is 92.9 cm³/mol. The summed E-state index contributed by atoms with van der Waals surface area (Å²) < 4.78 is 56.6. The van der Waals surface area contributed by atoms with Crippen molar-refractivity contribution in [3.05, 3.63) is 34.9 Å². The largest absolute Gasteiger partial charge is 0.384 e. The Labute approximate surface area is 148 Å². The molecular formula is C14H21ClN2O5S2. The van der Waals surface area contributed by atoms with Crippen LogP contribution in [0.2, 0.25) is 5.02 Å². The van der Waals surface area contributed by atoms with E-state index in [0.717, 1.165) is 0 Å². The van der Waals surface area contributed by atoms with E-state index in [1.807, 2.05) is 0 Å². The van der Waals surface area contributed by atoms with E-state index in [2.05, 4.69) is 0 Å². The summed E-state index contributed by atoms with van der Waals surface area (Å²) in [5.41, 5.74) is 0.648. The minimum atomic E-state index is -3.49. The molecular weight excluding hydrogens is 376 g/mol. The number of halogens is 1. The Morgan fingerprint density at radius 1 is 0.958 bits per heavy atom. The zero-order chi connectivity index (χ0) is 17.8. The second-order valence-corrected chi connectivity index (χ2v) is 9.98.